The zero-order valence-electron chi connectivity index (χ0n) is 8.75. The van der Waals surface area contributed by atoms with Crippen molar-refractivity contribution in [1.82, 2.24) is 10.2 Å². The van der Waals surface area contributed by atoms with Gasteiger partial charge in [-0.05, 0) is 18.8 Å². The zero-order valence-corrected chi connectivity index (χ0v) is 10.3. The van der Waals surface area contributed by atoms with Crippen LogP contribution in [-0.4, -0.2) is 30.0 Å². The van der Waals surface area contributed by atoms with E-state index >= 15 is 0 Å². The van der Waals surface area contributed by atoms with Crippen molar-refractivity contribution in [2.24, 2.45) is 5.92 Å². The Morgan fingerprint density at radius 1 is 1.31 bits per heavy atom. The van der Waals surface area contributed by atoms with Crippen molar-refractivity contribution in [3.63, 3.8) is 0 Å². The quantitative estimate of drug-likeness (QED) is 0.909. The summed E-state index contributed by atoms with van der Waals surface area (Å²) in [4.78, 5) is 0. The number of nitrogens with one attached hydrogen (secondary N) is 1. The van der Waals surface area contributed by atoms with Crippen LogP contribution in [0.5, 0.6) is 0 Å². The molecule has 1 aliphatic heterocycles. The molecular weight excluding hydrogens is 249 g/mol. The van der Waals surface area contributed by atoms with Crippen molar-refractivity contribution in [3.05, 3.63) is 16.4 Å². The summed E-state index contributed by atoms with van der Waals surface area (Å²) >= 11 is 11.6. The summed E-state index contributed by atoms with van der Waals surface area (Å²) in [5, 5.41) is 11.3. The Morgan fingerprint density at radius 2 is 2.06 bits per heavy atom. The summed E-state index contributed by atoms with van der Waals surface area (Å²) in [5.74, 6) is 0.622. The molecule has 2 heterocycles. The number of anilines is 1. The van der Waals surface area contributed by atoms with Crippen LogP contribution in [0.3, 0.4) is 0 Å². The molecular formula is C10H13Cl2N3O. The van der Waals surface area contributed by atoms with Crippen LogP contribution in [-0.2, 0) is 4.74 Å². The third-order valence-electron chi connectivity index (χ3n) is 2.64. The SMILES string of the molecule is Clc1cc(NCC2CCOCC2)c(Cl)nn1. The molecule has 1 saturated heterocycles. The summed E-state index contributed by atoms with van der Waals surface area (Å²) in [6, 6.07) is 1.69. The highest BCUT2D eigenvalue weighted by Gasteiger charge is 2.14. The predicted octanol–water partition coefficient (Wildman–Crippen LogP) is 2.62. The molecule has 4 nitrogen and oxygen atoms in total. The van der Waals surface area contributed by atoms with Crippen LogP contribution in [0, 0.1) is 5.92 Å². The van der Waals surface area contributed by atoms with Gasteiger partial charge in [0.2, 0.25) is 0 Å². The Balaban J connectivity index is 1.90. The van der Waals surface area contributed by atoms with Crippen LogP contribution in [0.15, 0.2) is 6.07 Å². The van der Waals surface area contributed by atoms with Crippen LogP contribution >= 0.6 is 23.2 Å². The van der Waals surface area contributed by atoms with Gasteiger partial charge in [-0.25, -0.2) is 0 Å². The van der Waals surface area contributed by atoms with Crippen molar-refractivity contribution in [2.75, 3.05) is 25.1 Å². The lowest BCUT2D eigenvalue weighted by atomic mass is 10.0. The van der Waals surface area contributed by atoms with E-state index in [9.17, 15) is 0 Å². The van der Waals surface area contributed by atoms with E-state index in [0.29, 0.717) is 16.2 Å². The first-order valence-electron chi connectivity index (χ1n) is 5.26. The molecule has 0 unspecified atom stereocenters. The Hall–Kier alpha value is -0.580. The fourth-order valence-electron chi connectivity index (χ4n) is 1.68. The molecule has 1 N–H and O–H groups in total. The molecule has 0 spiro atoms. The third kappa shape index (κ3) is 3.20. The van der Waals surface area contributed by atoms with Crippen molar-refractivity contribution in [3.8, 4) is 0 Å². The molecule has 0 aliphatic carbocycles. The van der Waals surface area contributed by atoms with Gasteiger partial charge >= 0.3 is 0 Å². The van der Waals surface area contributed by atoms with Gasteiger partial charge in [0.05, 0.1) is 5.69 Å². The Morgan fingerprint density at radius 3 is 2.81 bits per heavy atom. The van der Waals surface area contributed by atoms with Crippen molar-refractivity contribution < 1.29 is 4.74 Å². The molecule has 0 aromatic carbocycles. The number of nitrogens with zero attached hydrogens (tertiary/aromatic N) is 2. The van der Waals surface area contributed by atoms with E-state index in [1.807, 2.05) is 0 Å². The molecule has 0 radical (unpaired) electrons. The van der Waals surface area contributed by atoms with E-state index in [1.165, 1.54) is 0 Å². The molecule has 88 valence electrons. The van der Waals surface area contributed by atoms with Crippen LogP contribution < -0.4 is 5.32 Å². The van der Waals surface area contributed by atoms with E-state index < -0.39 is 0 Å². The summed E-state index contributed by atoms with van der Waals surface area (Å²) in [6.07, 6.45) is 2.16. The number of halogens is 2. The monoisotopic (exact) mass is 261 g/mol. The van der Waals surface area contributed by atoms with E-state index in [1.54, 1.807) is 6.07 Å². The number of rotatable bonds is 3. The minimum absolute atomic E-state index is 0.346. The van der Waals surface area contributed by atoms with E-state index in [4.69, 9.17) is 27.9 Å². The molecule has 1 aromatic rings. The first kappa shape index (κ1) is 11.9. The van der Waals surface area contributed by atoms with Crippen LogP contribution in [0.4, 0.5) is 5.69 Å². The van der Waals surface area contributed by atoms with Gasteiger partial charge in [0.15, 0.2) is 10.3 Å². The largest absolute Gasteiger partial charge is 0.382 e. The molecule has 0 amide bonds. The van der Waals surface area contributed by atoms with E-state index in [-0.39, 0.29) is 0 Å². The summed E-state index contributed by atoms with van der Waals surface area (Å²) < 4.78 is 5.30. The molecule has 1 aliphatic rings. The first-order chi connectivity index (χ1) is 7.75. The Kier molecular flexibility index (Phi) is 4.21. The lowest BCUT2D eigenvalue weighted by Gasteiger charge is -2.22. The van der Waals surface area contributed by atoms with Gasteiger partial charge < -0.3 is 10.1 Å². The maximum atomic E-state index is 5.89. The van der Waals surface area contributed by atoms with E-state index in [0.717, 1.165) is 38.3 Å². The van der Waals surface area contributed by atoms with Gasteiger partial charge in [0, 0.05) is 25.8 Å². The van der Waals surface area contributed by atoms with Crippen LogP contribution in [0.25, 0.3) is 0 Å². The van der Waals surface area contributed by atoms with Gasteiger partial charge in [0.1, 0.15) is 0 Å². The van der Waals surface area contributed by atoms with Crippen molar-refractivity contribution in [1.29, 1.82) is 0 Å². The van der Waals surface area contributed by atoms with Crippen LogP contribution in [0.1, 0.15) is 12.8 Å². The Bertz CT molecular complexity index is 356. The zero-order chi connectivity index (χ0) is 11.4. The molecule has 1 fully saturated rings. The van der Waals surface area contributed by atoms with Gasteiger partial charge in [-0.2, -0.15) is 0 Å². The highest BCUT2D eigenvalue weighted by molar-refractivity contribution is 6.33. The van der Waals surface area contributed by atoms with Gasteiger partial charge in [-0.15, -0.1) is 10.2 Å². The topological polar surface area (TPSA) is 47.0 Å². The molecule has 6 heteroatoms. The second-order valence-electron chi connectivity index (χ2n) is 3.81. The third-order valence-corrected chi connectivity index (χ3v) is 3.10. The lowest BCUT2D eigenvalue weighted by Crippen LogP contribution is -2.22. The summed E-state index contributed by atoms with van der Waals surface area (Å²) in [5.41, 5.74) is 0.744. The molecule has 16 heavy (non-hydrogen) atoms. The summed E-state index contributed by atoms with van der Waals surface area (Å²) in [7, 11) is 0. The summed E-state index contributed by atoms with van der Waals surface area (Å²) in [6.45, 7) is 2.55. The number of aromatic nitrogens is 2. The van der Waals surface area contributed by atoms with Crippen LogP contribution in [0.2, 0.25) is 10.3 Å². The predicted molar refractivity (Wildman–Crippen MR) is 64.1 cm³/mol. The standard InChI is InChI=1S/C10H13Cl2N3O/c11-9-5-8(10(12)15-14-9)13-6-7-1-3-16-4-2-7/h5,7H,1-4,6H2,(H,13,14). The average Bonchev–Trinajstić information content (AvgIpc) is 2.32. The number of hydrogen-bond acceptors (Lipinski definition) is 4. The van der Waals surface area contributed by atoms with Gasteiger partial charge in [-0.1, -0.05) is 23.2 Å². The van der Waals surface area contributed by atoms with E-state index in [2.05, 4.69) is 15.5 Å². The molecule has 1 aromatic heterocycles. The first-order valence-corrected chi connectivity index (χ1v) is 6.01. The van der Waals surface area contributed by atoms with Gasteiger partial charge in [0.25, 0.3) is 0 Å². The minimum Gasteiger partial charge on any atom is -0.382 e. The molecule has 0 atom stereocenters. The highest BCUT2D eigenvalue weighted by Crippen LogP contribution is 2.22. The minimum atomic E-state index is 0.346. The fraction of sp³-hybridized carbons (Fsp3) is 0.600. The lowest BCUT2D eigenvalue weighted by molar-refractivity contribution is 0.0699. The maximum Gasteiger partial charge on any atom is 0.174 e. The number of ether oxygens (including phenoxy) is 1. The van der Waals surface area contributed by atoms with Gasteiger partial charge in [-0.3, -0.25) is 0 Å². The smallest absolute Gasteiger partial charge is 0.174 e. The highest BCUT2D eigenvalue weighted by atomic mass is 35.5. The second kappa shape index (κ2) is 5.66. The average molecular weight is 262 g/mol. The molecule has 2 rings (SSSR count). The second-order valence-corrected chi connectivity index (χ2v) is 4.55. The number of hydrogen-bond donors (Lipinski definition) is 1. The maximum absolute atomic E-state index is 5.89. The van der Waals surface area contributed by atoms with Crippen molar-refractivity contribution in [2.45, 2.75) is 12.8 Å². The molecule has 0 saturated carbocycles. The molecule has 0 bridgehead atoms. The fourth-order valence-corrected chi connectivity index (χ4v) is 1.99. The van der Waals surface area contributed by atoms with Crippen molar-refractivity contribution >= 4 is 28.9 Å². The Labute approximate surface area is 104 Å². The normalized spacial score (nSPS) is 17.4.